The summed E-state index contributed by atoms with van der Waals surface area (Å²) in [6.45, 7) is 3.81. The molecule has 1 aromatic carbocycles. The van der Waals surface area contributed by atoms with Gasteiger partial charge in [-0.2, -0.15) is 0 Å². The van der Waals surface area contributed by atoms with E-state index in [2.05, 4.69) is 15.6 Å². The zero-order chi connectivity index (χ0) is 14.7. The Bertz CT molecular complexity index is 549. The van der Waals surface area contributed by atoms with E-state index >= 15 is 0 Å². The molecule has 1 aromatic rings. The second kappa shape index (κ2) is 5.73. The van der Waals surface area contributed by atoms with Crippen LogP contribution in [-0.4, -0.2) is 30.9 Å². The zero-order valence-corrected chi connectivity index (χ0v) is 11.6. The van der Waals surface area contributed by atoms with Gasteiger partial charge in [0.2, 0.25) is 5.96 Å². The average Bonchev–Trinajstić information content (AvgIpc) is 2.79. The highest BCUT2D eigenvalue weighted by Crippen LogP contribution is 2.12. The Hall–Kier alpha value is -2.37. The van der Waals surface area contributed by atoms with Crippen LogP contribution >= 0.6 is 0 Å². The van der Waals surface area contributed by atoms with Crippen molar-refractivity contribution in [1.29, 1.82) is 0 Å². The quantitative estimate of drug-likeness (QED) is 0.861. The van der Waals surface area contributed by atoms with Crippen LogP contribution in [0.1, 0.15) is 24.2 Å². The molecule has 106 valence electrons. The second-order valence-electron chi connectivity index (χ2n) is 4.84. The van der Waals surface area contributed by atoms with Gasteiger partial charge in [0.15, 0.2) is 0 Å². The lowest BCUT2D eigenvalue weighted by Gasteiger charge is -2.06. The number of aliphatic imine (C=N–C) groups is 1. The maximum Gasteiger partial charge on any atom is 0.257 e. The molecule has 0 fully saturated rings. The molecule has 1 heterocycles. The number of hydrogen-bond donors (Lipinski definition) is 2. The molecule has 0 unspecified atom stereocenters. The molecule has 0 saturated heterocycles. The first-order chi connectivity index (χ1) is 9.51. The lowest BCUT2D eigenvalue weighted by atomic mass is 10.1. The van der Waals surface area contributed by atoms with Gasteiger partial charge in [0, 0.05) is 5.56 Å². The van der Waals surface area contributed by atoms with Crippen molar-refractivity contribution in [2.75, 3.05) is 7.11 Å². The van der Waals surface area contributed by atoms with Crippen LogP contribution in [0.15, 0.2) is 29.3 Å². The van der Waals surface area contributed by atoms with Crippen molar-refractivity contribution in [1.82, 2.24) is 10.6 Å². The number of rotatable bonds is 3. The predicted octanol–water partition coefficient (Wildman–Crippen LogP) is 0.935. The number of methoxy groups -OCH3 is 1. The molecular formula is C14H17N3O3. The Balaban J connectivity index is 2.04. The highest BCUT2D eigenvalue weighted by atomic mass is 16.5. The number of carbonyl (C=O) groups excluding carboxylic acids is 2. The van der Waals surface area contributed by atoms with Crippen molar-refractivity contribution in [3.8, 4) is 5.75 Å². The first-order valence-electron chi connectivity index (χ1n) is 6.35. The number of amides is 2. The van der Waals surface area contributed by atoms with Gasteiger partial charge in [0.25, 0.3) is 11.8 Å². The summed E-state index contributed by atoms with van der Waals surface area (Å²) in [6, 6.07) is 6.24. The van der Waals surface area contributed by atoms with Gasteiger partial charge < -0.3 is 4.74 Å². The summed E-state index contributed by atoms with van der Waals surface area (Å²) in [6.07, 6.45) is 0. The minimum absolute atomic E-state index is 0.0883. The number of benzene rings is 1. The molecule has 2 amide bonds. The highest BCUT2D eigenvalue weighted by molar-refractivity contribution is 6.13. The first kappa shape index (κ1) is 14.0. The summed E-state index contributed by atoms with van der Waals surface area (Å²) in [5.74, 6) is 0.453. The molecule has 1 aliphatic heterocycles. The minimum Gasteiger partial charge on any atom is -0.497 e. The van der Waals surface area contributed by atoms with E-state index in [1.165, 1.54) is 0 Å². The normalized spacial score (nSPS) is 17.7. The minimum atomic E-state index is -0.443. The third-order valence-electron chi connectivity index (χ3n) is 2.99. The molecule has 0 spiro atoms. The van der Waals surface area contributed by atoms with Crippen LogP contribution in [0, 0.1) is 5.92 Å². The van der Waals surface area contributed by atoms with Crippen molar-refractivity contribution >= 4 is 17.8 Å². The van der Waals surface area contributed by atoms with Crippen LogP contribution in [0.4, 0.5) is 0 Å². The number of nitrogens with zero attached hydrogens (tertiary/aromatic N) is 1. The van der Waals surface area contributed by atoms with E-state index in [9.17, 15) is 9.59 Å². The molecule has 0 bridgehead atoms. The van der Waals surface area contributed by atoms with E-state index in [4.69, 9.17) is 4.74 Å². The highest BCUT2D eigenvalue weighted by Gasteiger charge is 2.29. The van der Waals surface area contributed by atoms with Crippen LogP contribution in [-0.2, 0) is 4.79 Å². The van der Waals surface area contributed by atoms with Crippen molar-refractivity contribution in [2.24, 2.45) is 10.9 Å². The van der Waals surface area contributed by atoms with Crippen molar-refractivity contribution in [3.05, 3.63) is 29.8 Å². The monoisotopic (exact) mass is 275 g/mol. The summed E-state index contributed by atoms with van der Waals surface area (Å²) in [7, 11) is 1.56. The molecule has 2 rings (SSSR count). The summed E-state index contributed by atoms with van der Waals surface area (Å²) in [5, 5.41) is 5.15. The molecule has 1 atom stereocenters. The summed E-state index contributed by atoms with van der Waals surface area (Å²) in [4.78, 5) is 27.8. The average molecular weight is 275 g/mol. The standard InChI is InChI=1S/C14H17N3O3/c1-8(2)11-13(19)17-14(15-11)16-12(18)9-4-6-10(20-3)7-5-9/h4-8,11H,1-3H3,(H2,15,16,17,18,19)/t11-/m0/s1. The molecular weight excluding hydrogens is 258 g/mol. The third-order valence-corrected chi connectivity index (χ3v) is 2.99. The SMILES string of the molecule is COc1ccc(C(=O)NC2=N[C@@H](C(C)C)C(=O)N2)cc1. The van der Waals surface area contributed by atoms with Gasteiger partial charge in [-0.3, -0.25) is 20.2 Å². The van der Waals surface area contributed by atoms with E-state index in [1.54, 1.807) is 31.4 Å². The maximum absolute atomic E-state index is 12.0. The Labute approximate surface area is 117 Å². The van der Waals surface area contributed by atoms with Crippen LogP contribution in [0.3, 0.4) is 0 Å². The zero-order valence-electron chi connectivity index (χ0n) is 11.6. The predicted molar refractivity (Wildman–Crippen MR) is 74.7 cm³/mol. The summed E-state index contributed by atoms with van der Waals surface area (Å²) in [5.41, 5.74) is 0.468. The van der Waals surface area contributed by atoms with Crippen LogP contribution in [0.2, 0.25) is 0 Å². The summed E-state index contributed by atoms with van der Waals surface area (Å²) >= 11 is 0. The van der Waals surface area contributed by atoms with Crippen LogP contribution < -0.4 is 15.4 Å². The second-order valence-corrected chi connectivity index (χ2v) is 4.84. The molecule has 0 aromatic heterocycles. The molecule has 0 saturated carbocycles. The van der Waals surface area contributed by atoms with Gasteiger partial charge in [0.05, 0.1) is 7.11 Å². The van der Waals surface area contributed by atoms with Crippen LogP contribution in [0.5, 0.6) is 5.75 Å². The molecule has 0 aliphatic carbocycles. The topological polar surface area (TPSA) is 79.8 Å². The summed E-state index contributed by atoms with van der Waals surface area (Å²) < 4.78 is 5.02. The number of guanidine groups is 1. The molecule has 6 heteroatoms. The van der Waals surface area contributed by atoms with E-state index in [0.29, 0.717) is 11.3 Å². The fourth-order valence-corrected chi connectivity index (χ4v) is 1.86. The van der Waals surface area contributed by atoms with Gasteiger partial charge in [-0.1, -0.05) is 13.8 Å². The Kier molecular flexibility index (Phi) is 4.02. The number of carbonyl (C=O) groups is 2. The fourth-order valence-electron chi connectivity index (χ4n) is 1.86. The molecule has 0 radical (unpaired) electrons. The molecule has 20 heavy (non-hydrogen) atoms. The van der Waals surface area contributed by atoms with Gasteiger partial charge in [0.1, 0.15) is 11.8 Å². The Morgan fingerprint density at radius 1 is 1.35 bits per heavy atom. The smallest absolute Gasteiger partial charge is 0.257 e. The van der Waals surface area contributed by atoms with E-state index < -0.39 is 6.04 Å². The van der Waals surface area contributed by atoms with E-state index in [1.807, 2.05) is 13.8 Å². The number of hydrogen-bond acceptors (Lipinski definition) is 4. The third kappa shape index (κ3) is 2.96. The molecule has 2 N–H and O–H groups in total. The lowest BCUT2D eigenvalue weighted by Crippen LogP contribution is -2.40. The largest absolute Gasteiger partial charge is 0.497 e. The Morgan fingerprint density at radius 3 is 2.50 bits per heavy atom. The van der Waals surface area contributed by atoms with Gasteiger partial charge in [-0.25, -0.2) is 4.99 Å². The molecule has 6 nitrogen and oxygen atoms in total. The van der Waals surface area contributed by atoms with Crippen molar-refractivity contribution < 1.29 is 14.3 Å². The fraction of sp³-hybridized carbons (Fsp3) is 0.357. The van der Waals surface area contributed by atoms with Gasteiger partial charge in [-0.05, 0) is 30.2 Å². The Morgan fingerprint density at radius 2 is 2.00 bits per heavy atom. The number of ether oxygens (including phenoxy) is 1. The van der Waals surface area contributed by atoms with Crippen molar-refractivity contribution in [2.45, 2.75) is 19.9 Å². The number of nitrogens with one attached hydrogen (secondary N) is 2. The van der Waals surface area contributed by atoms with Gasteiger partial charge >= 0.3 is 0 Å². The molecule has 1 aliphatic rings. The van der Waals surface area contributed by atoms with E-state index in [0.717, 1.165) is 0 Å². The van der Waals surface area contributed by atoms with E-state index in [-0.39, 0.29) is 23.7 Å². The van der Waals surface area contributed by atoms with Crippen molar-refractivity contribution in [3.63, 3.8) is 0 Å². The lowest BCUT2D eigenvalue weighted by molar-refractivity contribution is -0.120. The first-order valence-corrected chi connectivity index (χ1v) is 6.35. The maximum atomic E-state index is 12.0. The van der Waals surface area contributed by atoms with Gasteiger partial charge in [-0.15, -0.1) is 0 Å². The van der Waals surface area contributed by atoms with Crippen LogP contribution in [0.25, 0.3) is 0 Å².